The summed E-state index contributed by atoms with van der Waals surface area (Å²) >= 11 is 0. The fourth-order valence-corrected chi connectivity index (χ4v) is 1.97. The van der Waals surface area contributed by atoms with E-state index in [2.05, 4.69) is 5.10 Å². The Bertz CT molecular complexity index is 443. The van der Waals surface area contributed by atoms with Gasteiger partial charge in [0.25, 0.3) is 0 Å². The first-order valence-corrected chi connectivity index (χ1v) is 5.60. The fourth-order valence-electron chi connectivity index (χ4n) is 1.97. The molecule has 2 rings (SSSR count). The highest BCUT2D eigenvalue weighted by Crippen LogP contribution is 2.24. The van der Waals surface area contributed by atoms with Crippen molar-refractivity contribution < 1.29 is 4.79 Å². The lowest BCUT2D eigenvalue weighted by Gasteiger charge is -2.14. The van der Waals surface area contributed by atoms with Gasteiger partial charge in [-0.1, -0.05) is 0 Å². The number of Topliss-reactive ketones (excluding diaryl/α,β-unsaturated/α-hetero) is 1. The van der Waals surface area contributed by atoms with Gasteiger partial charge in [0.2, 0.25) is 0 Å². The van der Waals surface area contributed by atoms with Crippen molar-refractivity contribution in [2.24, 2.45) is 0 Å². The first-order chi connectivity index (χ1) is 7.61. The van der Waals surface area contributed by atoms with Gasteiger partial charge in [0.1, 0.15) is 0 Å². The van der Waals surface area contributed by atoms with Crippen molar-refractivity contribution in [2.45, 2.75) is 26.3 Å². The van der Waals surface area contributed by atoms with Crippen molar-refractivity contribution in [1.82, 2.24) is 14.7 Å². The SMILES string of the molecule is CCn1cc2c(n1)CCC(=CN(C)C)C2=O. The molecule has 0 atom stereocenters. The molecular weight excluding hydrogens is 202 g/mol. The van der Waals surface area contributed by atoms with Crippen molar-refractivity contribution in [1.29, 1.82) is 0 Å². The van der Waals surface area contributed by atoms with Crippen LogP contribution in [0.3, 0.4) is 0 Å². The predicted molar refractivity (Wildman–Crippen MR) is 62.3 cm³/mol. The molecule has 0 unspecified atom stereocenters. The summed E-state index contributed by atoms with van der Waals surface area (Å²) in [5.74, 6) is 0.134. The first kappa shape index (κ1) is 10.9. The molecule has 0 spiro atoms. The van der Waals surface area contributed by atoms with Crippen LogP contribution >= 0.6 is 0 Å². The maximum atomic E-state index is 12.1. The normalized spacial score (nSPS) is 17.7. The van der Waals surface area contributed by atoms with Crippen LogP contribution in [0.25, 0.3) is 0 Å². The monoisotopic (exact) mass is 219 g/mol. The first-order valence-electron chi connectivity index (χ1n) is 5.60. The Morgan fingerprint density at radius 1 is 1.50 bits per heavy atom. The lowest BCUT2D eigenvalue weighted by Crippen LogP contribution is -2.16. The number of rotatable bonds is 2. The second-order valence-corrected chi connectivity index (χ2v) is 4.29. The summed E-state index contributed by atoms with van der Waals surface area (Å²) in [5, 5.41) is 4.39. The van der Waals surface area contributed by atoms with E-state index < -0.39 is 0 Å². The minimum Gasteiger partial charge on any atom is -0.383 e. The van der Waals surface area contributed by atoms with Crippen LogP contribution < -0.4 is 0 Å². The Balaban J connectivity index is 2.35. The Labute approximate surface area is 95.5 Å². The van der Waals surface area contributed by atoms with Gasteiger partial charge >= 0.3 is 0 Å². The van der Waals surface area contributed by atoms with E-state index in [0.717, 1.165) is 36.2 Å². The molecular formula is C12H17N3O. The van der Waals surface area contributed by atoms with Crippen molar-refractivity contribution in [3.63, 3.8) is 0 Å². The molecule has 1 aromatic heterocycles. The molecule has 16 heavy (non-hydrogen) atoms. The predicted octanol–water partition coefficient (Wildman–Crippen LogP) is 1.48. The Morgan fingerprint density at radius 3 is 2.88 bits per heavy atom. The van der Waals surface area contributed by atoms with Gasteiger partial charge in [-0.25, -0.2) is 0 Å². The Hall–Kier alpha value is -1.58. The summed E-state index contributed by atoms with van der Waals surface area (Å²) < 4.78 is 1.83. The summed E-state index contributed by atoms with van der Waals surface area (Å²) in [6, 6.07) is 0. The Kier molecular flexibility index (Phi) is 2.81. The zero-order valence-corrected chi connectivity index (χ0v) is 10.0. The quantitative estimate of drug-likeness (QED) is 0.707. The molecule has 1 heterocycles. The Morgan fingerprint density at radius 2 is 2.25 bits per heavy atom. The highest BCUT2D eigenvalue weighted by molar-refractivity contribution is 6.10. The molecule has 1 aliphatic carbocycles. The van der Waals surface area contributed by atoms with E-state index in [1.54, 1.807) is 0 Å². The molecule has 0 aromatic carbocycles. The topological polar surface area (TPSA) is 38.1 Å². The lowest BCUT2D eigenvalue weighted by molar-refractivity contribution is 0.102. The number of carbonyl (C=O) groups excluding carboxylic acids is 1. The molecule has 0 saturated heterocycles. The van der Waals surface area contributed by atoms with Gasteiger partial charge in [-0.2, -0.15) is 5.10 Å². The van der Waals surface area contributed by atoms with Gasteiger partial charge in [-0.15, -0.1) is 0 Å². The number of aryl methyl sites for hydroxylation is 2. The van der Waals surface area contributed by atoms with Crippen LogP contribution in [0.4, 0.5) is 0 Å². The number of hydrogen-bond acceptors (Lipinski definition) is 3. The van der Waals surface area contributed by atoms with Crippen molar-refractivity contribution in [2.75, 3.05) is 14.1 Å². The fraction of sp³-hybridized carbons (Fsp3) is 0.500. The average molecular weight is 219 g/mol. The van der Waals surface area contributed by atoms with Crippen LogP contribution in [0, 0.1) is 0 Å². The maximum Gasteiger partial charge on any atom is 0.193 e. The average Bonchev–Trinajstić information content (AvgIpc) is 2.65. The number of fused-ring (bicyclic) bond motifs is 1. The molecule has 1 aliphatic rings. The van der Waals surface area contributed by atoms with Crippen molar-refractivity contribution >= 4 is 5.78 Å². The van der Waals surface area contributed by atoms with Gasteiger partial charge in [0.05, 0.1) is 11.3 Å². The zero-order valence-electron chi connectivity index (χ0n) is 10.0. The van der Waals surface area contributed by atoms with Gasteiger partial charge in [0.15, 0.2) is 5.78 Å². The third-order valence-corrected chi connectivity index (χ3v) is 2.74. The van der Waals surface area contributed by atoms with Crippen LogP contribution in [0.15, 0.2) is 18.0 Å². The van der Waals surface area contributed by atoms with E-state index in [4.69, 9.17) is 0 Å². The van der Waals surface area contributed by atoms with Crippen molar-refractivity contribution in [3.8, 4) is 0 Å². The van der Waals surface area contributed by atoms with Gasteiger partial charge < -0.3 is 4.90 Å². The molecule has 0 fully saturated rings. The number of carbonyl (C=O) groups is 1. The number of hydrogen-bond donors (Lipinski definition) is 0. The molecule has 86 valence electrons. The number of allylic oxidation sites excluding steroid dienone is 1. The molecule has 0 bridgehead atoms. The lowest BCUT2D eigenvalue weighted by atomic mass is 9.92. The molecule has 4 heteroatoms. The van der Waals surface area contributed by atoms with Crippen molar-refractivity contribution in [3.05, 3.63) is 29.2 Å². The summed E-state index contributed by atoms with van der Waals surface area (Å²) in [4.78, 5) is 14.1. The van der Waals surface area contributed by atoms with E-state index in [9.17, 15) is 4.79 Å². The summed E-state index contributed by atoms with van der Waals surface area (Å²) in [6.07, 6.45) is 5.44. The number of nitrogens with zero attached hydrogens (tertiary/aromatic N) is 3. The molecule has 0 N–H and O–H groups in total. The summed E-state index contributed by atoms with van der Waals surface area (Å²) in [7, 11) is 3.87. The number of ketones is 1. The summed E-state index contributed by atoms with van der Waals surface area (Å²) in [6.45, 7) is 2.84. The molecule has 0 saturated carbocycles. The molecule has 0 amide bonds. The number of aromatic nitrogens is 2. The smallest absolute Gasteiger partial charge is 0.193 e. The van der Waals surface area contributed by atoms with E-state index in [1.165, 1.54) is 0 Å². The maximum absolute atomic E-state index is 12.1. The molecule has 0 aliphatic heterocycles. The highest BCUT2D eigenvalue weighted by Gasteiger charge is 2.24. The molecule has 0 radical (unpaired) electrons. The van der Waals surface area contributed by atoms with Crippen LogP contribution in [0.1, 0.15) is 29.4 Å². The summed E-state index contributed by atoms with van der Waals surface area (Å²) in [5.41, 5.74) is 2.61. The minimum atomic E-state index is 0.134. The van der Waals surface area contributed by atoms with Crippen LogP contribution in [0.5, 0.6) is 0 Å². The third-order valence-electron chi connectivity index (χ3n) is 2.74. The third kappa shape index (κ3) is 1.87. The molecule has 1 aromatic rings. The van der Waals surface area contributed by atoms with E-state index in [-0.39, 0.29) is 5.78 Å². The highest BCUT2D eigenvalue weighted by atomic mass is 16.1. The second-order valence-electron chi connectivity index (χ2n) is 4.29. The standard InChI is InChI=1S/C12H17N3O/c1-4-15-8-10-11(13-15)6-5-9(12(10)16)7-14(2)3/h7-8H,4-6H2,1-3H3. The van der Waals surface area contributed by atoms with E-state index in [0.29, 0.717) is 0 Å². The van der Waals surface area contributed by atoms with Gasteiger partial charge in [-0.05, 0) is 19.8 Å². The van der Waals surface area contributed by atoms with Crippen LogP contribution in [0.2, 0.25) is 0 Å². The van der Waals surface area contributed by atoms with Gasteiger partial charge in [0, 0.05) is 38.6 Å². The van der Waals surface area contributed by atoms with E-state index in [1.807, 2.05) is 43.0 Å². The minimum absolute atomic E-state index is 0.134. The van der Waals surface area contributed by atoms with Crippen LogP contribution in [-0.2, 0) is 13.0 Å². The zero-order chi connectivity index (χ0) is 11.7. The van der Waals surface area contributed by atoms with E-state index >= 15 is 0 Å². The van der Waals surface area contributed by atoms with Crippen LogP contribution in [-0.4, -0.2) is 34.6 Å². The largest absolute Gasteiger partial charge is 0.383 e. The second kappa shape index (κ2) is 4.12. The van der Waals surface area contributed by atoms with Gasteiger partial charge in [-0.3, -0.25) is 9.48 Å². The molecule has 4 nitrogen and oxygen atoms in total.